The lowest BCUT2D eigenvalue weighted by molar-refractivity contribution is 0.649. The number of aryl methyl sites for hydroxylation is 2. The fourth-order valence-corrected chi connectivity index (χ4v) is 4.64. The zero-order chi connectivity index (χ0) is 20.7. The molecule has 0 saturated heterocycles. The van der Waals surface area contributed by atoms with Crippen molar-refractivity contribution in [1.82, 2.24) is 9.55 Å². The third kappa shape index (κ3) is 3.21. The Kier molecular flexibility index (Phi) is 4.68. The normalized spacial score (nSPS) is 11.4. The first kappa shape index (κ1) is 18.7. The minimum atomic E-state index is -0.183. The van der Waals surface area contributed by atoms with Gasteiger partial charge in [0.1, 0.15) is 11.1 Å². The molecule has 148 valence electrons. The maximum absolute atomic E-state index is 13.6. The van der Waals surface area contributed by atoms with Gasteiger partial charge in [-0.2, -0.15) is 0 Å². The predicted octanol–water partition coefficient (Wildman–Crippen LogP) is 6.04. The van der Waals surface area contributed by atoms with Crippen molar-refractivity contribution in [1.29, 1.82) is 0 Å². The number of furan rings is 1. The van der Waals surface area contributed by atoms with Gasteiger partial charge in [-0.05, 0) is 43.2 Å². The van der Waals surface area contributed by atoms with Crippen molar-refractivity contribution >= 4 is 33.8 Å². The molecule has 5 heteroatoms. The summed E-state index contributed by atoms with van der Waals surface area (Å²) in [7, 11) is 0. The number of nitrogens with zero attached hydrogens (tertiary/aromatic N) is 2. The minimum absolute atomic E-state index is 0.183. The van der Waals surface area contributed by atoms with E-state index >= 15 is 0 Å². The molecule has 0 fully saturated rings. The highest BCUT2D eigenvalue weighted by Gasteiger charge is 2.19. The van der Waals surface area contributed by atoms with Crippen LogP contribution in [0.15, 0.2) is 87.2 Å². The topological polar surface area (TPSA) is 48.0 Å². The molecule has 0 atom stereocenters. The second-order valence-corrected chi connectivity index (χ2v) is 8.32. The Labute approximate surface area is 178 Å². The van der Waals surface area contributed by atoms with Crippen molar-refractivity contribution < 1.29 is 4.42 Å². The fourth-order valence-electron chi connectivity index (χ4n) is 3.70. The van der Waals surface area contributed by atoms with Gasteiger partial charge in [0.05, 0.1) is 5.69 Å². The Balaban J connectivity index is 1.73. The van der Waals surface area contributed by atoms with Gasteiger partial charge < -0.3 is 4.42 Å². The van der Waals surface area contributed by atoms with E-state index in [-0.39, 0.29) is 5.56 Å². The molecule has 0 amide bonds. The highest BCUT2D eigenvalue weighted by molar-refractivity contribution is 7.98. The van der Waals surface area contributed by atoms with E-state index in [1.807, 2.05) is 55.5 Å². The first-order chi connectivity index (χ1) is 14.6. The van der Waals surface area contributed by atoms with E-state index in [0.29, 0.717) is 21.8 Å². The number of para-hydroxylation sites is 2. The van der Waals surface area contributed by atoms with Crippen LogP contribution >= 0.6 is 11.8 Å². The zero-order valence-electron chi connectivity index (χ0n) is 16.8. The number of benzene rings is 3. The number of hydrogen-bond acceptors (Lipinski definition) is 4. The van der Waals surface area contributed by atoms with Crippen molar-refractivity contribution in [2.75, 3.05) is 0 Å². The van der Waals surface area contributed by atoms with Crippen LogP contribution in [-0.4, -0.2) is 9.55 Å². The van der Waals surface area contributed by atoms with Crippen molar-refractivity contribution in [3.63, 3.8) is 0 Å². The summed E-state index contributed by atoms with van der Waals surface area (Å²) in [4.78, 5) is 18.5. The molecule has 4 nitrogen and oxygen atoms in total. The van der Waals surface area contributed by atoms with Crippen LogP contribution in [-0.2, 0) is 5.75 Å². The van der Waals surface area contributed by atoms with Crippen molar-refractivity contribution in [2.24, 2.45) is 0 Å². The van der Waals surface area contributed by atoms with E-state index in [9.17, 15) is 4.79 Å². The van der Waals surface area contributed by atoms with Crippen LogP contribution in [0.1, 0.15) is 16.7 Å². The first-order valence-electron chi connectivity index (χ1n) is 9.80. The van der Waals surface area contributed by atoms with E-state index in [2.05, 4.69) is 31.2 Å². The highest BCUT2D eigenvalue weighted by Crippen LogP contribution is 2.30. The molecule has 30 heavy (non-hydrogen) atoms. The van der Waals surface area contributed by atoms with Gasteiger partial charge in [0.25, 0.3) is 0 Å². The number of hydrogen-bond donors (Lipinski definition) is 0. The maximum Gasteiger partial charge on any atom is 0.302 e. The second-order valence-electron chi connectivity index (χ2n) is 7.38. The number of fused-ring (bicyclic) bond motifs is 3. The Hall–Kier alpha value is -3.31. The number of aromatic nitrogens is 2. The highest BCUT2D eigenvalue weighted by atomic mass is 32.2. The molecule has 2 heterocycles. The van der Waals surface area contributed by atoms with Crippen LogP contribution in [0.2, 0.25) is 0 Å². The monoisotopic (exact) mass is 412 g/mol. The van der Waals surface area contributed by atoms with Gasteiger partial charge >= 0.3 is 5.56 Å². The lowest BCUT2D eigenvalue weighted by atomic mass is 10.2. The van der Waals surface area contributed by atoms with Crippen LogP contribution in [0.3, 0.4) is 0 Å². The van der Waals surface area contributed by atoms with Crippen LogP contribution in [0.5, 0.6) is 0 Å². The molecular formula is C25H20N2O2S. The van der Waals surface area contributed by atoms with Gasteiger partial charge in [0, 0.05) is 11.1 Å². The largest absolute Gasteiger partial charge is 0.448 e. The molecular weight excluding hydrogens is 392 g/mol. The van der Waals surface area contributed by atoms with E-state index in [1.165, 1.54) is 11.1 Å². The van der Waals surface area contributed by atoms with Gasteiger partial charge in [0.15, 0.2) is 5.16 Å². The third-order valence-electron chi connectivity index (χ3n) is 5.17. The summed E-state index contributed by atoms with van der Waals surface area (Å²) < 4.78 is 7.59. The summed E-state index contributed by atoms with van der Waals surface area (Å²) in [5, 5.41) is 1.52. The molecule has 2 aromatic heterocycles. The van der Waals surface area contributed by atoms with Gasteiger partial charge in [-0.25, -0.2) is 4.98 Å². The molecule has 0 radical (unpaired) electrons. The van der Waals surface area contributed by atoms with Crippen molar-refractivity contribution in [2.45, 2.75) is 24.8 Å². The Morgan fingerprint density at radius 1 is 0.967 bits per heavy atom. The standard InChI is InChI=1S/C25H20N2O2S/c1-16-8-7-10-18(14-16)15-30-25-26-22-19-11-4-6-13-21(19)29-23(22)24(28)27(25)20-12-5-3-9-17(20)2/h3-14H,15H2,1-2H3. The molecule has 0 bridgehead atoms. The zero-order valence-corrected chi connectivity index (χ0v) is 17.6. The summed E-state index contributed by atoms with van der Waals surface area (Å²) in [6, 6.07) is 23.9. The van der Waals surface area contributed by atoms with E-state index < -0.39 is 0 Å². The minimum Gasteiger partial charge on any atom is -0.448 e. The quantitative estimate of drug-likeness (QED) is 0.267. The molecule has 3 aromatic carbocycles. The van der Waals surface area contributed by atoms with Gasteiger partial charge in [0.2, 0.25) is 5.58 Å². The molecule has 0 N–H and O–H groups in total. The molecule has 0 aliphatic heterocycles. The van der Waals surface area contributed by atoms with E-state index in [0.717, 1.165) is 22.4 Å². The molecule has 0 spiro atoms. The summed E-state index contributed by atoms with van der Waals surface area (Å²) in [5.41, 5.74) is 5.65. The Bertz CT molecular complexity index is 1450. The molecule has 5 aromatic rings. The fraction of sp³-hybridized carbons (Fsp3) is 0.120. The Morgan fingerprint density at radius 3 is 2.60 bits per heavy atom. The summed E-state index contributed by atoms with van der Waals surface area (Å²) in [5.74, 6) is 0.724. The molecule has 0 aliphatic carbocycles. The SMILES string of the molecule is Cc1cccc(CSc2nc3c(oc4ccccc43)c(=O)n2-c2ccccc2C)c1. The number of rotatable bonds is 4. The van der Waals surface area contributed by atoms with Crippen LogP contribution in [0.4, 0.5) is 0 Å². The average Bonchev–Trinajstić information content (AvgIpc) is 3.12. The number of thioether (sulfide) groups is 1. The maximum atomic E-state index is 13.6. The van der Waals surface area contributed by atoms with Gasteiger partial charge in [-0.3, -0.25) is 9.36 Å². The van der Waals surface area contributed by atoms with Gasteiger partial charge in [-0.1, -0.05) is 71.9 Å². The molecule has 0 unspecified atom stereocenters. The average molecular weight is 413 g/mol. The first-order valence-corrected chi connectivity index (χ1v) is 10.8. The lowest BCUT2D eigenvalue weighted by Crippen LogP contribution is -2.22. The van der Waals surface area contributed by atoms with Crippen molar-refractivity contribution in [3.05, 3.63) is 99.8 Å². The lowest BCUT2D eigenvalue weighted by Gasteiger charge is -2.14. The van der Waals surface area contributed by atoms with Crippen LogP contribution < -0.4 is 5.56 Å². The van der Waals surface area contributed by atoms with Gasteiger partial charge in [-0.15, -0.1) is 0 Å². The Morgan fingerprint density at radius 2 is 1.77 bits per heavy atom. The van der Waals surface area contributed by atoms with E-state index in [4.69, 9.17) is 9.40 Å². The smallest absolute Gasteiger partial charge is 0.302 e. The third-order valence-corrected chi connectivity index (χ3v) is 6.18. The van der Waals surface area contributed by atoms with Crippen LogP contribution in [0.25, 0.3) is 27.8 Å². The molecule has 0 aliphatic rings. The predicted molar refractivity (Wildman–Crippen MR) is 123 cm³/mol. The van der Waals surface area contributed by atoms with E-state index in [1.54, 1.807) is 16.3 Å². The summed E-state index contributed by atoms with van der Waals surface area (Å²) >= 11 is 1.56. The molecule has 0 saturated carbocycles. The summed E-state index contributed by atoms with van der Waals surface area (Å²) in [6.07, 6.45) is 0. The molecule has 5 rings (SSSR count). The van der Waals surface area contributed by atoms with Crippen molar-refractivity contribution in [3.8, 4) is 5.69 Å². The summed E-state index contributed by atoms with van der Waals surface area (Å²) in [6.45, 7) is 4.08. The van der Waals surface area contributed by atoms with Crippen LogP contribution in [0, 0.1) is 13.8 Å². The second kappa shape index (κ2) is 7.50.